The van der Waals surface area contributed by atoms with Gasteiger partial charge in [0.05, 0.1) is 16.8 Å². The molecule has 0 N–H and O–H groups in total. The molecule has 0 rings (SSSR count). The van der Waals surface area contributed by atoms with Gasteiger partial charge in [-0.05, 0) is 6.92 Å². The van der Waals surface area contributed by atoms with Crippen molar-refractivity contribution in [1.82, 2.24) is 0 Å². The molecule has 4 heteroatoms. The average molecular weight is 260 g/mol. The first-order chi connectivity index (χ1) is 4.09. The first-order valence-electron chi connectivity index (χ1n) is 2.45. The van der Waals surface area contributed by atoms with Crippen molar-refractivity contribution in [3.8, 4) is 0 Å². The summed E-state index contributed by atoms with van der Waals surface area (Å²) in [5.41, 5.74) is 0. The van der Waals surface area contributed by atoms with E-state index in [2.05, 4.69) is 36.6 Å². The fourth-order valence-corrected chi connectivity index (χ4v) is 0.720. The number of methoxy groups -OCH3 is 1. The van der Waals surface area contributed by atoms with E-state index in [0.717, 1.165) is 0 Å². The number of rotatable bonds is 2. The van der Waals surface area contributed by atoms with Crippen molar-refractivity contribution in [3.63, 3.8) is 0 Å². The molecule has 1 atom stereocenters. The van der Waals surface area contributed by atoms with E-state index in [1.165, 1.54) is 7.11 Å². The molecule has 0 aromatic carbocycles. The molecule has 0 aromatic heterocycles. The number of alkyl halides is 2. The Morgan fingerprint density at radius 2 is 2.00 bits per heavy atom. The fourth-order valence-electron chi connectivity index (χ4n) is 0.289. The third kappa shape index (κ3) is 3.20. The van der Waals surface area contributed by atoms with Gasteiger partial charge in [-0.25, -0.2) is 0 Å². The number of carbonyl (C=O) groups excluding carboxylic acids is 1. The highest BCUT2D eigenvalue weighted by Gasteiger charge is 2.18. The van der Waals surface area contributed by atoms with Crippen LogP contribution in [0, 0.1) is 5.92 Å². The summed E-state index contributed by atoms with van der Waals surface area (Å²) >= 11 is 6.39. The Hall–Kier alpha value is 0.430. The number of hydrogen-bond acceptors (Lipinski definition) is 2. The summed E-state index contributed by atoms with van der Waals surface area (Å²) in [6.45, 7) is 1.78. The topological polar surface area (TPSA) is 26.3 Å². The molecule has 2 nitrogen and oxygen atoms in total. The standard InChI is InChI=1S/C5H8Br2O2/c1-3(4(6)7)5(8)9-2/h3-4H,1-2H3. The molecule has 0 aliphatic carbocycles. The molecule has 0 aromatic rings. The minimum absolute atomic E-state index is 0.00236. The van der Waals surface area contributed by atoms with Crippen LogP contribution in [0.2, 0.25) is 0 Å². The Morgan fingerprint density at radius 3 is 2.11 bits per heavy atom. The summed E-state index contributed by atoms with van der Waals surface area (Å²) in [6, 6.07) is 0. The zero-order valence-electron chi connectivity index (χ0n) is 5.23. The van der Waals surface area contributed by atoms with E-state index in [1.54, 1.807) is 6.92 Å². The van der Waals surface area contributed by atoms with E-state index in [1.807, 2.05) is 0 Å². The van der Waals surface area contributed by atoms with Crippen molar-refractivity contribution in [2.75, 3.05) is 7.11 Å². The van der Waals surface area contributed by atoms with Gasteiger partial charge in [-0.3, -0.25) is 4.79 Å². The maximum absolute atomic E-state index is 10.7. The van der Waals surface area contributed by atoms with Crippen molar-refractivity contribution < 1.29 is 9.53 Å². The van der Waals surface area contributed by atoms with Crippen LogP contribution in [0.4, 0.5) is 0 Å². The highest BCUT2D eigenvalue weighted by atomic mass is 79.9. The van der Waals surface area contributed by atoms with Crippen molar-refractivity contribution in [3.05, 3.63) is 0 Å². The Balaban J connectivity index is 3.72. The second-order valence-corrected chi connectivity index (χ2v) is 4.85. The van der Waals surface area contributed by atoms with Gasteiger partial charge in [0, 0.05) is 0 Å². The minimum atomic E-state index is -0.214. The molecule has 54 valence electrons. The second kappa shape index (κ2) is 4.28. The van der Waals surface area contributed by atoms with Crippen LogP contribution in [0.5, 0.6) is 0 Å². The molecule has 9 heavy (non-hydrogen) atoms. The summed E-state index contributed by atoms with van der Waals surface area (Å²) in [5, 5.41) is 0. The van der Waals surface area contributed by atoms with Crippen LogP contribution >= 0.6 is 31.9 Å². The first-order valence-corrected chi connectivity index (χ1v) is 4.28. The molecule has 0 saturated heterocycles. The van der Waals surface area contributed by atoms with Gasteiger partial charge in [0.15, 0.2) is 0 Å². The van der Waals surface area contributed by atoms with Gasteiger partial charge in [-0.2, -0.15) is 0 Å². The number of ether oxygens (including phenoxy) is 1. The van der Waals surface area contributed by atoms with Gasteiger partial charge in [-0.1, -0.05) is 31.9 Å². The second-order valence-electron chi connectivity index (χ2n) is 1.65. The number of carbonyl (C=O) groups is 1. The molecule has 0 amide bonds. The van der Waals surface area contributed by atoms with Gasteiger partial charge < -0.3 is 4.74 Å². The van der Waals surface area contributed by atoms with E-state index in [9.17, 15) is 4.79 Å². The zero-order valence-corrected chi connectivity index (χ0v) is 8.40. The third-order valence-corrected chi connectivity index (χ3v) is 2.54. The van der Waals surface area contributed by atoms with E-state index in [-0.39, 0.29) is 15.6 Å². The molecule has 0 saturated carbocycles. The predicted molar refractivity (Wildman–Crippen MR) is 42.8 cm³/mol. The third-order valence-electron chi connectivity index (χ3n) is 0.951. The molecule has 0 bridgehead atoms. The number of hydrogen-bond donors (Lipinski definition) is 0. The Bertz CT molecular complexity index is 103. The fraction of sp³-hybridized carbons (Fsp3) is 0.800. The first kappa shape index (κ1) is 9.43. The quantitative estimate of drug-likeness (QED) is 0.560. The molecule has 0 radical (unpaired) electrons. The van der Waals surface area contributed by atoms with E-state index < -0.39 is 0 Å². The van der Waals surface area contributed by atoms with Crippen molar-refractivity contribution in [2.45, 2.75) is 10.7 Å². The Morgan fingerprint density at radius 1 is 1.56 bits per heavy atom. The smallest absolute Gasteiger partial charge is 0.310 e. The van der Waals surface area contributed by atoms with Gasteiger partial charge in [0.2, 0.25) is 0 Å². The van der Waals surface area contributed by atoms with Crippen LogP contribution in [0.3, 0.4) is 0 Å². The van der Waals surface area contributed by atoms with Gasteiger partial charge >= 0.3 is 5.97 Å². The normalized spacial score (nSPS) is 13.4. The number of esters is 1. The largest absolute Gasteiger partial charge is 0.469 e. The van der Waals surface area contributed by atoms with Crippen LogP contribution in [-0.2, 0) is 9.53 Å². The molecule has 0 aliphatic heterocycles. The predicted octanol–water partition coefficient (Wildman–Crippen LogP) is 1.91. The Kier molecular flexibility index (Phi) is 4.48. The zero-order chi connectivity index (χ0) is 7.44. The average Bonchev–Trinajstić information content (AvgIpc) is 1.84. The summed E-state index contributed by atoms with van der Waals surface area (Å²) in [4.78, 5) is 10.7. The van der Waals surface area contributed by atoms with Crippen molar-refractivity contribution in [1.29, 1.82) is 0 Å². The summed E-state index contributed by atoms with van der Waals surface area (Å²) < 4.78 is 4.47. The monoisotopic (exact) mass is 258 g/mol. The number of halogens is 2. The summed E-state index contributed by atoms with van der Waals surface area (Å²) in [5.74, 6) is -0.358. The van der Waals surface area contributed by atoms with Crippen LogP contribution < -0.4 is 0 Å². The van der Waals surface area contributed by atoms with E-state index in [0.29, 0.717) is 0 Å². The van der Waals surface area contributed by atoms with Gasteiger partial charge in [0.1, 0.15) is 0 Å². The van der Waals surface area contributed by atoms with E-state index >= 15 is 0 Å². The molecule has 0 heterocycles. The molecule has 0 aliphatic rings. The maximum Gasteiger partial charge on any atom is 0.310 e. The van der Waals surface area contributed by atoms with Crippen LogP contribution in [-0.4, -0.2) is 16.8 Å². The molecule has 1 unspecified atom stereocenters. The van der Waals surface area contributed by atoms with Crippen molar-refractivity contribution in [2.24, 2.45) is 5.92 Å². The van der Waals surface area contributed by atoms with Crippen LogP contribution in [0.25, 0.3) is 0 Å². The van der Waals surface area contributed by atoms with Gasteiger partial charge in [-0.15, -0.1) is 0 Å². The van der Waals surface area contributed by atoms with E-state index in [4.69, 9.17) is 0 Å². The minimum Gasteiger partial charge on any atom is -0.469 e. The molecule has 0 spiro atoms. The lowest BCUT2D eigenvalue weighted by Gasteiger charge is -2.08. The Labute approximate surface area is 71.2 Å². The molecule has 0 fully saturated rings. The van der Waals surface area contributed by atoms with Crippen LogP contribution in [0.1, 0.15) is 6.92 Å². The lowest BCUT2D eigenvalue weighted by atomic mass is 10.2. The van der Waals surface area contributed by atoms with Gasteiger partial charge in [0.25, 0.3) is 0 Å². The highest BCUT2D eigenvalue weighted by Crippen LogP contribution is 2.19. The van der Waals surface area contributed by atoms with Crippen molar-refractivity contribution >= 4 is 37.8 Å². The molecular weight excluding hydrogens is 252 g/mol. The maximum atomic E-state index is 10.7. The molecular formula is C5H8Br2O2. The SMILES string of the molecule is COC(=O)C(C)C(Br)Br. The lowest BCUT2D eigenvalue weighted by molar-refractivity contribution is -0.144. The van der Waals surface area contributed by atoms with Crippen LogP contribution in [0.15, 0.2) is 0 Å². The summed E-state index contributed by atoms with van der Waals surface area (Å²) in [7, 11) is 1.38. The highest BCUT2D eigenvalue weighted by molar-refractivity contribution is 9.24. The summed E-state index contributed by atoms with van der Waals surface area (Å²) in [6.07, 6.45) is 0. The lowest BCUT2D eigenvalue weighted by Crippen LogP contribution is -2.17.